The number of ether oxygens (including phenoxy) is 2. The van der Waals surface area contributed by atoms with E-state index in [1.807, 2.05) is 103 Å². The number of nitrogens with zero attached hydrogens (tertiary/aromatic N) is 5. The van der Waals surface area contributed by atoms with Crippen molar-refractivity contribution in [3.63, 3.8) is 0 Å². The van der Waals surface area contributed by atoms with Crippen molar-refractivity contribution in [3.8, 4) is 23.3 Å². The fourth-order valence-corrected chi connectivity index (χ4v) is 9.56. The number of hydrogen-bond donors (Lipinski definition) is 5. The number of methoxy groups -OCH3 is 1. The second-order valence-corrected chi connectivity index (χ2v) is 18.6. The van der Waals surface area contributed by atoms with Crippen LogP contribution in [0.5, 0.6) is 11.5 Å². The zero-order valence-corrected chi connectivity index (χ0v) is 42.3. The molecule has 19 heteroatoms. The van der Waals surface area contributed by atoms with E-state index < -0.39 is 24.9 Å². The lowest BCUT2D eigenvalue weighted by Crippen LogP contribution is -2.46. The molecular formula is C55H58F4N10O4S. The second kappa shape index (κ2) is 23.9. The Morgan fingerprint density at radius 3 is 2.54 bits per heavy atom. The van der Waals surface area contributed by atoms with Crippen molar-refractivity contribution >= 4 is 57.5 Å². The number of aryl methyl sites for hydroxylation is 2. The molecule has 7 aromatic rings. The normalized spacial score (nSPS) is 15.1. The van der Waals surface area contributed by atoms with Crippen LogP contribution in [0.4, 0.5) is 34.6 Å². The van der Waals surface area contributed by atoms with Gasteiger partial charge >= 0.3 is 6.18 Å². The number of piperidine rings is 1. The largest absolute Gasteiger partial charge is 0.495 e. The van der Waals surface area contributed by atoms with Gasteiger partial charge in [0.1, 0.15) is 30.0 Å². The number of imidazole rings is 1. The summed E-state index contributed by atoms with van der Waals surface area (Å²) < 4.78 is 80.2. The van der Waals surface area contributed by atoms with E-state index in [2.05, 4.69) is 49.2 Å². The highest BCUT2D eigenvalue weighted by Gasteiger charge is 2.31. The molecule has 3 aromatic heterocycles. The molecule has 386 valence electrons. The van der Waals surface area contributed by atoms with Crippen molar-refractivity contribution in [3.05, 3.63) is 155 Å². The second-order valence-electron chi connectivity index (χ2n) is 17.8. The standard InChI is InChI=1S/C55H58F4N10O4S/c1-6-37(54-35(2)65-73-36(54)3)25-50-48(28-60)63-34-68(50)30-39-14-8-10-19-51(39)72-32-53(70)62-29-38-13-7-9-16-44(38)66-74-41-20-21-47(52(27-41)71-5)61-23-12-15-40-26-42-45(64-46-22-24-67(4)31-43(46)56)17-11-18-49(42)69(40)33-55(57,58)59/h6-11,13-14,16-21,25-27,34,43,46,61,64,66H,1,22-24,28-33,60H2,2-5H3,(H,62,70)/b37-25+. The number of halogens is 4. The van der Waals surface area contributed by atoms with Crippen molar-refractivity contribution < 1.29 is 36.4 Å². The number of benzene rings is 4. The molecule has 4 heterocycles. The first-order valence-electron chi connectivity index (χ1n) is 23.9. The molecule has 14 nitrogen and oxygen atoms in total. The van der Waals surface area contributed by atoms with E-state index in [1.54, 1.807) is 43.8 Å². The molecule has 74 heavy (non-hydrogen) atoms. The lowest BCUT2D eigenvalue weighted by Gasteiger charge is -2.33. The molecule has 8 rings (SSSR count). The maximum atomic E-state index is 14.9. The molecule has 2 atom stereocenters. The number of anilines is 3. The summed E-state index contributed by atoms with van der Waals surface area (Å²) in [4.78, 5) is 20.5. The first kappa shape index (κ1) is 52.7. The highest BCUT2D eigenvalue weighted by Crippen LogP contribution is 2.34. The number of alkyl halides is 4. The number of para-hydroxylation sites is 2. The van der Waals surface area contributed by atoms with Crippen LogP contribution in [0, 0.1) is 25.7 Å². The molecule has 1 fully saturated rings. The summed E-state index contributed by atoms with van der Waals surface area (Å²) in [6, 6.07) is 26.9. The van der Waals surface area contributed by atoms with E-state index in [0.29, 0.717) is 64.7 Å². The Kier molecular flexibility index (Phi) is 17.0. The summed E-state index contributed by atoms with van der Waals surface area (Å²) in [5.41, 5.74) is 14.2. The van der Waals surface area contributed by atoms with Gasteiger partial charge < -0.3 is 54.4 Å². The monoisotopic (exact) mass is 1030 g/mol. The highest BCUT2D eigenvalue weighted by molar-refractivity contribution is 8.00. The summed E-state index contributed by atoms with van der Waals surface area (Å²) in [5, 5.41) is 14.1. The Morgan fingerprint density at radius 1 is 1.01 bits per heavy atom. The maximum Gasteiger partial charge on any atom is 0.406 e. The van der Waals surface area contributed by atoms with Crippen LogP contribution in [0.2, 0.25) is 0 Å². The van der Waals surface area contributed by atoms with Crippen LogP contribution in [0.15, 0.2) is 119 Å². The molecule has 1 amide bonds. The number of amides is 1. The van der Waals surface area contributed by atoms with Gasteiger partial charge in [-0.25, -0.2) is 9.37 Å². The molecule has 0 saturated carbocycles. The molecule has 2 unspecified atom stereocenters. The first-order valence-corrected chi connectivity index (χ1v) is 24.7. The van der Waals surface area contributed by atoms with Gasteiger partial charge in [0, 0.05) is 59.0 Å². The highest BCUT2D eigenvalue weighted by atomic mass is 32.2. The van der Waals surface area contributed by atoms with Crippen LogP contribution < -0.4 is 35.9 Å². The van der Waals surface area contributed by atoms with E-state index in [9.17, 15) is 22.4 Å². The first-order chi connectivity index (χ1) is 35.7. The minimum atomic E-state index is -4.49. The molecule has 6 N–H and O–H groups in total. The average molecular weight is 1030 g/mol. The molecule has 0 aliphatic carbocycles. The molecule has 0 bridgehead atoms. The summed E-state index contributed by atoms with van der Waals surface area (Å²) in [5.74, 6) is 7.35. The number of carbonyl (C=O) groups is 1. The predicted octanol–water partition coefficient (Wildman–Crippen LogP) is 9.98. The van der Waals surface area contributed by atoms with Gasteiger partial charge in [0.2, 0.25) is 0 Å². The number of rotatable bonds is 20. The Labute approximate surface area is 431 Å². The summed E-state index contributed by atoms with van der Waals surface area (Å²) in [6.45, 7) is 8.26. The van der Waals surface area contributed by atoms with E-state index in [-0.39, 0.29) is 44.4 Å². The van der Waals surface area contributed by atoms with Crippen molar-refractivity contribution in [2.24, 2.45) is 5.73 Å². The van der Waals surface area contributed by atoms with Gasteiger partial charge in [-0.05, 0) is 111 Å². The number of fused-ring (bicyclic) bond motifs is 1. The molecule has 0 radical (unpaired) electrons. The third kappa shape index (κ3) is 12.9. The maximum absolute atomic E-state index is 14.9. The predicted molar refractivity (Wildman–Crippen MR) is 284 cm³/mol. The molecule has 4 aromatic carbocycles. The topological polar surface area (TPSA) is 162 Å². The van der Waals surface area contributed by atoms with Crippen LogP contribution >= 0.6 is 11.9 Å². The number of allylic oxidation sites excluding steroid dienone is 2. The summed E-state index contributed by atoms with van der Waals surface area (Å²) in [7, 11) is 3.40. The molecule has 1 aliphatic heterocycles. The van der Waals surface area contributed by atoms with Gasteiger partial charge in [-0.2, -0.15) is 13.2 Å². The van der Waals surface area contributed by atoms with Crippen LogP contribution in [-0.4, -0.2) is 88.9 Å². The fraction of sp³-hybridized carbons (Fsp3) is 0.291. The average Bonchev–Trinajstić information content (AvgIpc) is 4.06. The van der Waals surface area contributed by atoms with E-state index in [0.717, 1.165) is 48.8 Å². The Morgan fingerprint density at radius 2 is 1.80 bits per heavy atom. The van der Waals surface area contributed by atoms with E-state index in [4.69, 9.17) is 19.7 Å². The van der Waals surface area contributed by atoms with Crippen LogP contribution in [-0.2, 0) is 31.0 Å². The van der Waals surface area contributed by atoms with Crippen LogP contribution in [0.25, 0.3) is 22.6 Å². The lowest BCUT2D eigenvalue weighted by molar-refractivity contribution is -0.140. The van der Waals surface area contributed by atoms with Gasteiger partial charge in [0.25, 0.3) is 5.91 Å². The fourth-order valence-electron chi connectivity index (χ4n) is 8.83. The third-order valence-electron chi connectivity index (χ3n) is 12.6. The Hall–Kier alpha value is -7.66. The molecule has 0 spiro atoms. The lowest BCUT2D eigenvalue weighted by atomic mass is 10.0. The smallest absolute Gasteiger partial charge is 0.406 e. The third-order valence-corrected chi connectivity index (χ3v) is 13.4. The van der Waals surface area contributed by atoms with Gasteiger partial charge in [-0.1, -0.05) is 66.2 Å². The zero-order chi connectivity index (χ0) is 52.4. The van der Waals surface area contributed by atoms with Crippen molar-refractivity contribution in [1.29, 1.82) is 0 Å². The quantitative estimate of drug-likeness (QED) is 0.0213. The molecular weight excluding hydrogens is 973 g/mol. The van der Waals surface area contributed by atoms with Crippen LogP contribution in [0.3, 0.4) is 0 Å². The Bertz CT molecular complexity index is 3190. The number of likely N-dealkylation sites (tertiary alicyclic amines) is 1. The molecule has 1 saturated heterocycles. The summed E-state index contributed by atoms with van der Waals surface area (Å²) in [6.07, 6.45) is 0.403. The minimum Gasteiger partial charge on any atom is -0.495 e. The minimum absolute atomic E-state index is 0.110. The Balaban J connectivity index is 0.863. The van der Waals surface area contributed by atoms with Gasteiger partial charge in [0.15, 0.2) is 6.61 Å². The molecule has 1 aliphatic rings. The van der Waals surface area contributed by atoms with Gasteiger partial charge in [0.05, 0.1) is 66.5 Å². The van der Waals surface area contributed by atoms with E-state index >= 15 is 0 Å². The van der Waals surface area contributed by atoms with Gasteiger partial charge in [-0.15, -0.1) is 0 Å². The van der Waals surface area contributed by atoms with E-state index in [1.165, 1.54) is 11.9 Å². The van der Waals surface area contributed by atoms with Gasteiger partial charge in [-0.3, -0.25) is 4.79 Å². The number of carbonyl (C=O) groups excluding carboxylic acids is 1. The van der Waals surface area contributed by atoms with Crippen molar-refractivity contribution in [1.82, 2.24) is 29.5 Å². The summed E-state index contributed by atoms with van der Waals surface area (Å²) >= 11 is 1.35. The number of nitrogens with one attached hydrogen (secondary N) is 4. The number of aromatic nitrogens is 4. The number of hydrogen-bond acceptors (Lipinski definition) is 12. The van der Waals surface area contributed by atoms with Crippen molar-refractivity contribution in [2.75, 3.05) is 55.8 Å². The SMILES string of the molecule is C=C/C(=C\c1c(CN)ncn1Cc1ccccc1OCC(=O)NCc1ccccc1NSc1ccc(NCC#Cc2cc3c(NC4CCN(C)CC4F)cccc3n2CC(F)(F)F)c(OC)c1)c1c(C)noc1C. The number of nitrogens with two attached hydrogens (primary N) is 1. The van der Waals surface area contributed by atoms with Crippen molar-refractivity contribution in [2.45, 2.75) is 69.7 Å². The zero-order valence-electron chi connectivity index (χ0n) is 41.5. The van der Waals surface area contributed by atoms with Crippen LogP contribution in [0.1, 0.15) is 51.6 Å².